The van der Waals surface area contributed by atoms with Gasteiger partial charge in [0.15, 0.2) is 0 Å². The van der Waals surface area contributed by atoms with Crippen LogP contribution in [-0.4, -0.2) is 55.0 Å². The molecule has 0 aliphatic carbocycles. The number of nitrogens with zero attached hydrogens (tertiary/aromatic N) is 2. The van der Waals surface area contributed by atoms with E-state index < -0.39 is 0 Å². The molecule has 0 spiro atoms. The average molecular weight is 269 g/mol. The zero-order chi connectivity index (χ0) is 14.6. The van der Waals surface area contributed by atoms with Gasteiger partial charge in [-0.25, -0.2) is 0 Å². The predicted molar refractivity (Wildman–Crippen MR) is 80.0 cm³/mol. The molecule has 1 amide bonds. The van der Waals surface area contributed by atoms with Crippen molar-refractivity contribution < 1.29 is 4.79 Å². The summed E-state index contributed by atoms with van der Waals surface area (Å²) in [5.74, 6) is 0.238. The summed E-state index contributed by atoms with van der Waals surface area (Å²) in [6, 6.07) is 0.909. The van der Waals surface area contributed by atoms with Crippen molar-refractivity contribution >= 4 is 5.91 Å². The average Bonchev–Trinajstić information content (AvgIpc) is 2.43. The second-order valence-electron chi connectivity index (χ2n) is 6.12. The molecule has 1 heterocycles. The van der Waals surface area contributed by atoms with Gasteiger partial charge < -0.3 is 15.5 Å². The molecule has 2 atom stereocenters. The van der Waals surface area contributed by atoms with Crippen molar-refractivity contribution in [2.75, 3.05) is 27.2 Å². The van der Waals surface area contributed by atoms with Crippen molar-refractivity contribution in [1.29, 1.82) is 0 Å². The normalized spacial score (nSPS) is 25.4. The van der Waals surface area contributed by atoms with Crippen LogP contribution in [0.25, 0.3) is 0 Å². The van der Waals surface area contributed by atoms with Crippen molar-refractivity contribution in [3.05, 3.63) is 0 Å². The molecule has 1 saturated heterocycles. The van der Waals surface area contributed by atoms with E-state index in [2.05, 4.69) is 32.7 Å². The summed E-state index contributed by atoms with van der Waals surface area (Å²) < 4.78 is 0. The van der Waals surface area contributed by atoms with Crippen LogP contribution >= 0.6 is 0 Å². The lowest BCUT2D eigenvalue weighted by Gasteiger charge is -2.42. The minimum Gasteiger partial charge on any atom is -0.342 e. The third kappa shape index (κ3) is 3.29. The van der Waals surface area contributed by atoms with Gasteiger partial charge in [-0.15, -0.1) is 0 Å². The molecule has 0 aromatic carbocycles. The van der Waals surface area contributed by atoms with Crippen LogP contribution in [0.2, 0.25) is 0 Å². The van der Waals surface area contributed by atoms with Gasteiger partial charge in [-0.3, -0.25) is 4.79 Å². The molecule has 0 saturated carbocycles. The molecule has 0 radical (unpaired) electrons. The lowest BCUT2D eigenvalue weighted by atomic mass is 9.80. The fourth-order valence-corrected chi connectivity index (χ4v) is 3.08. The van der Waals surface area contributed by atoms with Gasteiger partial charge in [0.05, 0.1) is 5.41 Å². The van der Waals surface area contributed by atoms with Crippen LogP contribution in [0.3, 0.4) is 0 Å². The van der Waals surface area contributed by atoms with Gasteiger partial charge in [0.25, 0.3) is 0 Å². The van der Waals surface area contributed by atoms with E-state index in [0.29, 0.717) is 18.6 Å². The van der Waals surface area contributed by atoms with E-state index in [-0.39, 0.29) is 11.3 Å². The lowest BCUT2D eigenvalue weighted by Crippen LogP contribution is -2.53. The predicted octanol–water partition coefficient (Wildman–Crippen LogP) is 1.69. The van der Waals surface area contributed by atoms with E-state index in [1.54, 1.807) is 0 Å². The van der Waals surface area contributed by atoms with Gasteiger partial charge in [0.2, 0.25) is 5.91 Å². The smallest absolute Gasteiger partial charge is 0.230 e. The number of carbonyl (C=O) groups excluding carboxylic acids is 1. The fraction of sp³-hybridized carbons (Fsp3) is 0.933. The summed E-state index contributed by atoms with van der Waals surface area (Å²) in [6.07, 6.45) is 3.78. The molecule has 0 bridgehead atoms. The van der Waals surface area contributed by atoms with Crippen LogP contribution in [0.15, 0.2) is 0 Å². The molecule has 1 aliphatic rings. The van der Waals surface area contributed by atoms with E-state index >= 15 is 0 Å². The molecular formula is C15H31N3O. The van der Waals surface area contributed by atoms with E-state index in [9.17, 15) is 4.79 Å². The standard InChI is InChI=1S/C15H31N3O/c1-6-15(7-2,11-16)14(19)18(5)13-8-9-17(4)12(3)10-13/h12-13H,6-11,16H2,1-5H3. The highest BCUT2D eigenvalue weighted by atomic mass is 16.2. The number of piperidine rings is 1. The zero-order valence-corrected chi connectivity index (χ0v) is 13.3. The number of nitrogens with two attached hydrogens (primary N) is 1. The Labute approximate surface area is 118 Å². The fourth-order valence-electron chi connectivity index (χ4n) is 3.08. The van der Waals surface area contributed by atoms with E-state index in [4.69, 9.17) is 5.73 Å². The number of hydrogen-bond donors (Lipinski definition) is 1. The van der Waals surface area contributed by atoms with E-state index in [1.807, 2.05) is 11.9 Å². The largest absolute Gasteiger partial charge is 0.342 e. The number of rotatable bonds is 5. The van der Waals surface area contributed by atoms with Crippen molar-refractivity contribution in [2.45, 2.75) is 58.5 Å². The summed E-state index contributed by atoms with van der Waals surface area (Å²) in [7, 11) is 4.12. The minimum absolute atomic E-state index is 0.238. The van der Waals surface area contributed by atoms with Crippen LogP contribution < -0.4 is 5.73 Å². The van der Waals surface area contributed by atoms with Gasteiger partial charge in [0, 0.05) is 32.2 Å². The first-order chi connectivity index (χ1) is 8.91. The maximum atomic E-state index is 12.8. The summed E-state index contributed by atoms with van der Waals surface area (Å²) in [6.45, 7) is 7.89. The first-order valence-electron chi connectivity index (χ1n) is 7.59. The molecule has 1 fully saturated rings. The molecule has 1 aliphatic heterocycles. The van der Waals surface area contributed by atoms with Gasteiger partial charge >= 0.3 is 0 Å². The molecule has 2 unspecified atom stereocenters. The Bertz CT molecular complexity index is 294. The Hall–Kier alpha value is -0.610. The van der Waals surface area contributed by atoms with E-state index in [1.165, 1.54) is 0 Å². The lowest BCUT2D eigenvalue weighted by molar-refractivity contribution is -0.144. The van der Waals surface area contributed by atoms with Gasteiger partial charge in [-0.1, -0.05) is 13.8 Å². The number of amides is 1. The maximum absolute atomic E-state index is 12.8. The van der Waals surface area contributed by atoms with E-state index in [0.717, 1.165) is 32.2 Å². The Morgan fingerprint density at radius 1 is 1.42 bits per heavy atom. The molecule has 2 N–H and O–H groups in total. The number of hydrogen-bond acceptors (Lipinski definition) is 3. The van der Waals surface area contributed by atoms with Crippen LogP contribution in [0.4, 0.5) is 0 Å². The molecule has 0 aromatic rings. The Morgan fingerprint density at radius 3 is 2.42 bits per heavy atom. The zero-order valence-electron chi connectivity index (χ0n) is 13.3. The Morgan fingerprint density at radius 2 is 2.00 bits per heavy atom. The van der Waals surface area contributed by atoms with Crippen molar-refractivity contribution in [3.8, 4) is 0 Å². The van der Waals surface area contributed by atoms with Gasteiger partial charge in [-0.05, 0) is 39.7 Å². The molecular weight excluding hydrogens is 238 g/mol. The number of likely N-dealkylation sites (tertiary alicyclic amines) is 1. The molecule has 1 rings (SSSR count). The summed E-state index contributed by atoms with van der Waals surface area (Å²) in [5.41, 5.74) is 5.53. The van der Waals surface area contributed by atoms with Crippen LogP contribution in [0.5, 0.6) is 0 Å². The first-order valence-corrected chi connectivity index (χ1v) is 7.59. The summed E-state index contributed by atoms with van der Waals surface area (Å²) in [4.78, 5) is 17.1. The van der Waals surface area contributed by atoms with Gasteiger partial charge in [-0.2, -0.15) is 0 Å². The van der Waals surface area contributed by atoms with Crippen LogP contribution in [-0.2, 0) is 4.79 Å². The summed E-state index contributed by atoms with van der Waals surface area (Å²) >= 11 is 0. The third-order valence-corrected chi connectivity index (χ3v) is 5.25. The van der Waals surface area contributed by atoms with Crippen molar-refractivity contribution in [3.63, 3.8) is 0 Å². The number of carbonyl (C=O) groups is 1. The van der Waals surface area contributed by atoms with Gasteiger partial charge in [0.1, 0.15) is 0 Å². The highest BCUT2D eigenvalue weighted by Crippen LogP contribution is 2.30. The van der Waals surface area contributed by atoms with Crippen LogP contribution in [0, 0.1) is 5.41 Å². The maximum Gasteiger partial charge on any atom is 0.230 e. The second kappa shape index (κ2) is 6.71. The van der Waals surface area contributed by atoms with Crippen molar-refractivity contribution in [1.82, 2.24) is 9.80 Å². The minimum atomic E-state index is -0.360. The molecule has 0 aromatic heterocycles. The molecule has 19 heavy (non-hydrogen) atoms. The third-order valence-electron chi connectivity index (χ3n) is 5.25. The SMILES string of the molecule is CCC(CC)(CN)C(=O)N(C)C1CCN(C)C(C)C1. The second-order valence-corrected chi connectivity index (χ2v) is 6.12. The molecule has 4 nitrogen and oxygen atoms in total. The first kappa shape index (κ1) is 16.4. The monoisotopic (exact) mass is 269 g/mol. The van der Waals surface area contributed by atoms with Crippen molar-refractivity contribution in [2.24, 2.45) is 11.1 Å². The highest BCUT2D eigenvalue weighted by Gasteiger charge is 2.38. The Kier molecular flexibility index (Phi) is 5.81. The highest BCUT2D eigenvalue weighted by molar-refractivity contribution is 5.83. The topological polar surface area (TPSA) is 49.6 Å². The summed E-state index contributed by atoms with van der Waals surface area (Å²) in [5, 5.41) is 0. The molecule has 4 heteroatoms. The Balaban J connectivity index is 2.76. The van der Waals surface area contributed by atoms with Crippen LogP contribution in [0.1, 0.15) is 46.5 Å². The quantitative estimate of drug-likeness (QED) is 0.826. The molecule has 112 valence electrons.